The van der Waals surface area contributed by atoms with Crippen LogP contribution in [-0.4, -0.2) is 29.0 Å². The van der Waals surface area contributed by atoms with Gasteiger partial charge < -0.3 is 10.5 Å². The average Bonchev–Trinajstić information content (AvgIpc) is 2.89. The lowest BCUT2D eigenvalue weighted by Gasteiger charge is -2.13. The summed E-state index contributed by atoms with van der Waals surface area (Å²) in [5, 5.41) is 18.8. The van der Waals surface area contributed by atoms with E-state index >= 15 is 0 Å². The molecule has 108 valence electrons. The van der Waals surface area contributed by atoms with Gasteiger partial charge in [0.1, 0.15) is 5.71 Å². The molecule has 1 rings (SSSR count). The van der Waals surface area contributed by atoms with E-state index in [4.69, 9.17) is 5.21 Å². The zero-order chi connectivity index (χ0) is 14.1. The van der Waals surface area contributed by atoms with E-state index in [1.807, 2.05) is 12.3 Å². The van der Waals surface area contributed by atoms with Crippen molar-refractivity contribution < 1.29 is 5.21 Å². The van der Waals surface area contributed by atoms with E-state index in [2.05, 4.69) is 29.3 Å². The first kappa shape index (κ1) is 16.1. The Labute approximate surface area is 119 Å². The maximum atomic E-state index is 8.95. The summed E-state index contributed by atoms with van der Waals surface area (Å²) in [7, 11) is 0. The molecule has 1 aromatic rings. The zero-order valence-corrected chi connectivity index (χ0v) is 13.0. The molecule has 0 fully saturated rings. The molecule has 0 aliphatic carbocycles. The standard InChI is InChI=1S/C14H25N3OS/c1-4-7-11(8-9-15-6-3)14-16-13(10-19-14)12(5-2)17-18/h10-11,15,18H,4-9H2,1-3H3/b17-12+. The normalized spacial score (nSPS) is 13.7. The molecule has 0 amide bonds. The van der Waals surface area contributed by atoms with Gasteiger partial charge >= 0.3 is 0 Å². The highest BCUT2D eigenvalue weighted by atomic mass is 32.1. The lowest BCUT2D eigenvalue weighted by Crippen LogP contribution is -2.17. The molecular weight excluding hydrogens is 258 g/mol. The number of rotatable bonds is 9. The molecule has 2 N–H and O–H groups in total. The summed E-state index contributed by atoms with van der Waals surface area (Å²) in [5.74, 6) is 0.514. The predicted octanol–water partition coefficient (Wildman–Crippen LogP) is 3.61. The quantitative estimate of drug-likeness (QED) is 0.315. The van der Waals surface area contributed by atoms with Gasteiger partial charge in [0.25, 0.3) is 0 Å². The SMILES string of the molecule is CCCC(CCNCC)c1nc(/C(CC)=N/O)cs1. The highest BCUT2D eigenvalue weighted by Gasteiger charge is 2.16. The van der Waals surface area contributed by atoms with E-state index in [0.29, 0.717) is 18.1 Å². The van der Waals surface area contributed by atoms with Crippen LogP contribution in [0.15, 0.2) is 10.5 Å². The maximum Gasteiger partial charge on any atom is 0.106 e. The monoisotopic (exact) mass is 283 g/mol. The van der Waals surface area contributed by atoms with E-state index in [9.17, 15) is 0 Å². The van der Waals surface area contributed by atoms with Gasteiger partial charge in [-0.05, 0) is 32.4 Å². The molecule has 1 unspecified atom stereocenters. The highest BCUT2D eigenvalue weighted by Crippen LogP contribution is 2.28. The third-order valence-electron chi connectivity index (χ3n) is 3.18. The zero-order valence-electron chi connectivity index (χ0n) is 12.1. The van der Waals surface area contributed by atoms with Crippen molar-refractivity contribution in [1.29, 1.82) is 0 Å². The molecule has 1 atom stereocenters. The minimum atomic E-state index is 0.514. The Hall–Kier alpha value is -0.940. The van der Waals surface area contributed by atoms with Crippen molar-refractivity contribution in [2.45, 2.75) is 52.4 Å². The Morgan fingerprint density at radius 3 is 2.79 bits per heavy atom. The van der Waals surface area contributed by atoms with E-state index in [1.165, 1.54) is 11.4 Å². The Kier molecular flexibility index (Phi) is 7.67. The van der Waals surface area contributed by atoms with Gasteiger partial charge in [-0.2, -0.15) is 0 Å². The van der Waals surface area contributed by atoms with Crippen molar-refractivity contribution in [2.75, 3.05) is 13.1 Å². The second kappa shape index (κ2) is 9.04. The van der Waals surface area contributed by atoms with Gasteiger partial charge in [-0.25, -0.2) is 4.98 Å². The molecular formula is C14H25N3OS. The average molecular weight is 283 g/mol. The van der Waals surface area contributed by atoms with Crippen LogP contribution in [0.25, 0.3) is 0 Å². The number of thiazole rings is 1. The summed E-state index contributed by atoms with van der Waals surface area (Å²) in [6.07, 6.45) is 4.15. The smallest absolute Gasteiger partial charge is 0.106 e. The van der Waals surface area contributed by atoms with Crippen LogP contribution in [-0.2, 0) is 0 Å². The first-order valence-electron chi connectivity index (χ1n) is 7.14. The fraction of sp³-hybridized carbons (Fsp3) is 0.714. The molecule has 1 aromatic heterocycles. The number of nitrogens with zero attached hydrogens (tertiary/aromatic N) is 2. The second-order valence-corrected chi connectivity index (χ2v) is 5.49. The second-order valence-electron chi connectivity index (χ2n) is 4.60. The van der Waals surface area contributed by atoms with Crippen LogP contribution in [0.3, 0.4) is 0 Å². The van der Waals surface area contributed by atoms with Crippen LogP contribution in [0.2, 0.25) is 0 Å². The van der Waals surface area contributed by atoms with Gasteiger partial charge in [-0.15, -0.1) is 11.3 Å². The predicted molar refractivity (Wildman–Crippen MR) is 81.5 cm³/mol. The summed E-state index contributed by atoms with van der Waals surface area (Å²) < 4.78 is 0. The van der Waals surface area contributed by atoms with Gasteiger partial charge in [0.05, 0.1) is 10.7 Å². The van der Waals surface area contributed by atoms with Crippen molar-refractivity contribution in [2.24, 2.45) is 5.16 Å². The molecule has 0 spiro atoms. The number of nitrogens with one attached hydrogen (secondary N) is 1. The van der Waals surface area contributed by atoms with Crippen LogP contribution in [0.4, 0.5) is 0 Å². The highest BCUT2D eigenvalue weighted by molar-refractivity contribution is 7.09. The first-order valence-corrected chi connectivity index (χ1v) is 8.02. The van der Waals surface area contributed by atoms with Gasteiger partial charge in [-0.3, -0.25) is 0 Å². The lowest BCUT2D eigenvalue weighted by atomic mass is 10.0. The minimum Gasteiger partial charge on any atom is -0.411 e. The summed E-state index contributed by atoms with van der Waals surface area (Å²) in [6, 6.07) is 0. The fourth-order valence-electron chi connectivity index (χ4n) is 2.10. The van der Waals surface area contributed by atoms with Gasteiger partial charge in [0.15, 0.2) is 0 Å². The Morgan fingerprint density at radius 1 is 1.42 bits per heavy atom. The Balaban J connectivity index is 2.73. The molecule has 0 aromatic carbocycles. The number of hydrogen-bond donors (Lipinski definition) is 2. The van der Waals surface area contributed by atoms with Crippen LogP contribution in [0.5, 0.6) is 0 Å². The van der Waals surface area contributed by atoms with Gasteiger partial charge in [0.2, 0.25) is 0 Å². The molecule has 0 saturated heterocycles. The minimum absolute atomic E-state index is 0.514. The molecule has 4 nitrogen and oxygen atoms in total. The number of aromatic nitrogens is 1. The molecule has 0 bridgehead atoms. The van der Waals surface area contributed by atoms with Crippen LogP contribution in [0, 0.1) is 0 Å². The van der Waals surface area contributed by atoms with Crippen LogP contribution >= 0.6 is 11.3 Å². The largest absolute Gasteiger partial charge is 0.411 e. The van der Waals surface area contributed by atoms with E-state index in [0.717, 1.165) is 31.6 Å². The fourth-order valence-corrected chi connectivity index (χ4v) is 3.10. The summed E-state index contributed by atoms with van der Waals surface area (Å²) in [5.41, 5.74) is 1.50. The molecule has 1 heterocycles. The van der Waals surface area contributed by atoms with E-state index < -0.39 is 0 Å². The van der Waals surface area contributed by atoms with Crippen molar-refractivity contribution in [1.82, 2.24) is 10.3 Å². The summed E-state index contributed by atoms with van der Waals surface area (Å²) in [6.45, 7) is 8.36. The number of oxime groups is 1. The van der Waals surface area contributed by atoms with E-state index in [-0.39, 0.29) is 0 Å². The van der Waals surface area contributed by atoms with Crippen LogP contribution < -0.4 is 5.32 Å². The Morgan fingerprint density at radius 2 is 2.21 bits per heavy atom. The number of hydrogen-bond acceptors (Lipinski definition) is 5. The molecule has 0 saturated carbocycles. The summed E-state index contributed by atoms with van der Waals surface area (Å²) >= 11 is 1.68. The molecule has 19 heavy (non-hydrogen) atoms. The third kappa shape index (κ3) is 4.91. The van der Waals surface area contributed by atoms with Crippen LogP contribution in [0.1, 0.15) is 63.1 Å². The first-order chi connectivity index (χ1) is 9.26. The third-order valence-corrected chi connectivity index (χ3v) is 4.19. The van der Waals surface area contributed by atoms with Gasteiger partial charge in [0, 0.05) is 11.3 Å². The van der Waals surface area contributed by atoms with E-state index in [1.54, 1.807) is 11.3 Å². The molecule has 0 radical (unpaired) electrons. The van der Waals surface area contributed by atoms with Crippen molar-refractivity contribution >= 4 is 17.0 Å². The lowest BCUT2D eigenvalue weighted by molar-refractivity contribution is 0.318. The maximum absolute atomic E-state index is 8.95. The van der Waals surface area contributed by atoms with Gasteiger partial charge in [-0.1, -0.05) is 32.3 Å². The molecule has 5 heteroatoms. The Bertz CT molecular complexity index is 390. The van der Waals surface area contributed by atoms with Crippen molar-refractivity contribution in [3.63, 3.8) is 0 Å². The molecule has 0 aliphatic rings. The molecule has 0 aliphatic heterocycles. The topological polar surface area (TPSA) is 57.5 Å². The van der Waals surface area contributed by atoms with Crippen molar-refractivity contribution in [3.8, 4) is 0 Å². The summed E-state index contributed by atoms with van der Waals surface area (Å²) in [4.78, 5) is 4.65. The van der Waals surface area contributed by atoms with Crippen molar-refractivity contribution in [3.05, 3.63) is 16.1 Å².